The van der Waals surface area contributed by atoms with Crippen molar-refractivity contribution in [3.63, 3.8) is 0 Å². The number of anilines is 2. The summed E-state index contributed by atoms with van der Waals surface area (Å²) in [5.74, 6) is -0.226. The van der Waals surface area contributed by atoms with E-state index in [9.17, 15) is 9.59 Å². The molecule has 5 rings (SSSR count). The van der Waals surface area contributed by atoms with Crippen LogP contribution in [0.2, 0.25) is 5.02 Å². The summed E-state index contributed by atoms with van der Waals surface area (Å²) >= 11 is 6.10. The largest absolute Gasteiger partial charge is 0.382 e. The lowest BCUT2D eigenvalue weighted by Gasteiger charge is -2.09. The molecule has 0 aliphatic heterocycles. The number of benzene rings is 2. The molecule has 3 N–H and O–H groups in total. The zero-order valence-corrected chi connectivity index (χ0v) is 20.8. The Bertz CT molecular complexity index is 1680. The Labute approximate surface area is 217 Å². The third-order valence-electron chi connectivity index (χ3n) is 6.01. The maximum absolute atomic E-state index is 13.2. The van der Waals surface area contributed by atoms with Crippen LogP contribution in [0.5, 0.6) is 0 Å². The molecule has 0 unspecified atom stereocenters. The van der Waals surface area contributed by atoms with Crippen LogP contribution < -0.4 is 16.6 Å². The monoisotopic (exact) mass is 511 g/mol. The SMILES string of the molecule is Cc1c(C(=O)Nc2ccc(-c3nc(-c4cccnc4)cnc3N)cc2)c(=O)n(-c2cccc(Cl)c2)n1C. The van der Waals surface area contributed by atoms with E-state index in [0.29, 0.717) is 33.5 Å². The van der Waals surface area contributed by atoms with Crippen LogP contribution in [0.25, 0.3) is 28.2 Å². The van der Waals surface area contributed by atoms with E-state index in [1.807, 2.05) is 12.1 Å². The van der Waals surface area contributed by atoms with Crippen LogP contribution in [0.3, 0.4) is 0 Å². The third-order valence-corrected chi connectivity index (χ3v) is 6.24. The highest BCUT2D eigenvalue weighted by Crippen LogP contribution is 2.27. The molecule has 1 amide bonds. The zero-order valence-electron chi connectivity index (χ0n) is 20.0. The lowest BCUT2D eigenvalue weighted by atomic mass is 10.1. The molecule has 0 atom stereocenters. The molecule has 3 heterocycles. The van der Waals surface area contributed by atoms with Crippen LogP contribution >= 0.6 is 11.6 Å². The van der Waals surface area contributed by atoms with E-state index in [2.05, 4.69) is 20.3 Å². The number of pyridine rings is 1. The number of nitrogens with one attached hydrogen (secondary N) is 1. The van der Waals surface area contributed by atoms with Gasteiger partial charge in [0.1, 0.15) is 17.1 Å². The number of rotatable bonds is 5. The fourth-order valence-corrected chi connectivity index (χ4v) is 4.22. The van der Waals surface area contributed by atoms with Crippen molar-refractivity contribution in [2.45, 2.75) is 6.92 Å². The number of aromatic nitrogens is 5. The standard InChI is InChI=1S/C27H22ClN7O2/c1-16-23(27(37)35(34(16)2)21-7-3-6-19(28)13-21)26(36)32-20-10-8-17(9-11-20)24-25(29)31-15-22(33-24)18-5-4-12-30-14-18/h3-15H,1-2H3,(H2,29,31)(H,32,36). The summed E-state index contributed by atoms with van der Waals surface area (Å²) in [6, 6.07) is 17.6. The highest BCUT2D eigenvalue weighted by Gasteiger charge is 2.22. The minimum Gasteiger partial charge on any atom is -0.382 e. The van der Waals surface area contributed by atoms with Gasteiger partial charge < -0.3 is 11.1 Å². The number of halogens is 1. The molecule has 9 nitrogen and oxygen atoms in total. The van der Waals surface area contributed by atoms with Crippen molar-refractivity contribution in [3.05, 3.63) is 106 Å². The van der Waals surface area contributed by atoms with Gasteiger partial charge in [0.25, 0.3) is 11.5 Å². The number of nitrogens with two attached hydrogens (primary N) is 1. The van der Waals surface area contributed by atoms with Gasteiger partial charge in [-0.3, -0.25) is 19.3 Å². The second kappa shape index (κ2) is 9.71. The van der Waals surface area contributed by atoms with E-state index in [-0.39, 0.29) is 11.4 Å². The minimum atomic E-state index is -0.510. The summed E-state index contributed by atoms with van der Waals surface area (Å²) in [5, 5.41) is 3.30. The van der Waals surface area contributed by atoms with Crippen LogP contribution in [0.1, 0.15) is 16.1 Å². The Balaban J connectivity index is 1.41. The normalized spacial score (nSPS) is 10.9. The molecule has 0 saturated heterocycles. The summed E-state index contributed by atoms with van der Waals surface area (Å²) in [6.07, 6.45) is 4.99. The molecule has 0 saturated carbocycles. The van der Waals surface area contributed by atoms with Gasteiger partial charge in [-0.15, -0.1) is 0 Å². The number of carbonyl (C=O) groups excluding carboxylic acids is 1. The lowest BCUT2D eigenvalue weighted by Crippen LogP contribution is -2.25. The molecule has 0 bridgehead atoms. The Morgan fingerprint density at radius 2 is 1.81 bits per heavy atom. The van der Waals surface area contributed by atoms with E-state index in [1.165, 1.54) is 4.68 Å². The summed E-state index contributed by atoms with van der Waals surface area (Å²) in [6.45, 7) is 1.72. The van der Waals surface area contributed by atoms with Gasteiger partial charge in [-0.05, 0) is 49.4 Å². The molecule has 0 fully saturated rings. The first-order chi connectivity index (χ1) is 17.8. The smallest absolute Gasteiger partial charge is 0.284 e. The van der Waals surface area contributed by atoms with E-state index in [0.717, 1.165) is 11.1 Å². The topological polar surface area (TPSA) is 121 Å². The average molecular weight is 512 g/mol. The molecule has 2 aromatic carbocycles. The second-order valence-corrected chi connectivity index (χ2v) is 8.78. The van der Waals surface area contributed by atoms with Crippen molar-refractivity contribution in [3.8, 4) is 28.2 Å². The number of nitrogen functional groups attached to an aromatic ring is 1. The highest BCUT2D eigenvalue weighted by molar-refractivity contribution is 6.30. The van der Waals surface area contributed by atoms with Gasteiger partial charge in [0, 0.05) is 41.3 Å². The minimum absolute atomic E-state index is 0.0471. The van der Waals surface area contributed by atoms with Gasteiger partial charge in [0.05, 0.1) is 23.3 Å². The summed E-state index contributed by atoms with van der Waals surface area (Å²) in [7, 11) is 1.72. The van der Waals surface area contributed by atoms with Gasteiger partial charge in [-0.1, -0.05) is 29.8 Å². The van der Waals surface area contributed by atoms with E-state index >= 15 is 0 Å². The van der Waals surface area contributed by atoms with Crippen LogP contribution in [-0.2, 0) is 7.05 Å². The van der Waals surface area contributed by atoms with E-state index in [1.54, 1.807) is 85.8 Å². The molecule has 0 aliphatic rings. The maximum Gasteiger partial charge on any atom is 0.284 e. The number of amides is 1. The first-order valence-electron chi connectivity index (χ1n) is 11.3. The molecule has 5 aromatic rings. The van der Waals surface area contributed by atoms with Crippen molar-refractivity contribution < 1.29 is 4.79 Å². The van der Waals surface area contributed by atoms with Gasteiger partial charge >= 0.3 is 0 Å². The van der Waals surface area contributed by atoms with Crippen LogP contribution in [0.4, 0.5) is 11.5 Å². The Morgan fingerprint density at radius 1 is 1.03 bits per heavy atom. The first kappa shape index (κ1) is 24.0. The van der Waals surface area contributed by atoms with Crippen molar-refractivity contribution in [2.75, 3.05) is 11.1 Å². The van der Waals surface area contributed by atoms with Crippen molar-refractivity contribution in [1.29, 1.82) is 0 Å². The first-order valence-corrected chi connectivity index (χ1v) is 11.7. The number of hydrogen-bond acceptors (Lipinski definition) is 6. The molecular formula is C27H22ClN7O2. The quantitative estimate of drug-likeness (QED) is 0.358. The number of hydrogen-bond donors (Lipinski definition) is 2. The third kappa shape index (κ3) is 4.60. The Morgan fingerprint density at radius 3 is 2.51 bits per heavy atom. The molecule has 0 radical (unpaired) electrons. The lowest BCUT2D eigenvalue weighted by molar-refractivity contribution is 0.102. The number of nitrogens with zero attached hydrogens (tertiary/aromatic N) is 5. The molecule has 37 heavy (non-hydrogen) atoms. The molecule has 0 spiro atoms. The van der Waals surface area contributed by atoms with Gasteiger partial charge in [0.2, 0.25) is 0 Å². The molecule has 3 aromatic heterocycles. The predicted molar refractivity (Wildman–Crippen MR) is 144 cm³/mol. The molecule has 0 aliphatic carbocycles. The van der Waals surface area contributed by atoms with Gasteiger partial charge in [-0.25, -0.2) is 14.6 Å². The second-order valence-electron chi connectivity index (χ2n) is 8.34. The van der Waals surface area contributed by atoms with Crippen LogP contribution in [-0.4, -0.2) is 30.2 Å². The van der Waals surface area contributed by atoms with E-state index in [4.69, 9.17) is 17.3 Å². The predicted octanol–water partition coefficient (Wildman–Crippen LogP) is 4.49. The van der Waals surface area contributed by atoms with Gasteiger partial charge in [-0.2, -0.15) is 0 Å². The van der Waals surface area contributed by atoms with Gasteiger partial charge in [0.15, 0.2) is 0 Å². The summed E-state index contributed by atoms with van der Waals surface area (Å²) in [4.78, 5) is 39.3. The van der Waals surface area contributed by atoms with Crippen LogP contribution in [0, 0.1) is 6.92 Å². The molecule has 10 heteroatoms. The fraction of sp³-hybridized carbons (Fsp3) is 0.0741. The summed E-state index contributed by atoms with van der Waals surface area (Å²) in [5.41, 5.74) is 10.0. The zero-order chi connectivity index (χ0) is 26.1. The maximum atomic E-state index is 13.2. The molecule has 184 valence electrons. The Kier molecular flexibility index (Phi) is 6.29. The Hall–Kier alpha value is -4.76. The fourth-order valence-electron chi connectivity index (χ4n) is 4.04. The van der Waals surface area contributed by atoms with Crippen molar-refractivity contribution in [2.24, 2.45) is 7.05 Å². The average Bonchev–Trinajstić information content (AvgIpc) is 3.13. The van der Waals surface area contributed by atoms with Crippen molar-refractivity contribution in [1.82, 2.24) is 24.3 Å². The summed E-state index contributed by atoms with van der Waals surface area (Å²) < 4.78 is 3.04. The van der Waals surface area contributed by atoms with Crippen molar-refractivity contribution >= 4 is 29.0 Å². The van der Waals surface area contributed by atoms with E-state index < -0.39 is 11.5 Å². The molecular weight excluding hydrogens is 490 g/mol. The highest BCUT2D eigenvalue weighted by atomic mass is 35.5. The number of carbonyl (C=O) groups is 1. The van der Waals surface area contributed by atoms with Crippen LogP contribution in [0.15, 0.2) is 84.0 Å².